The quantitative estimate of drug-likeness (QED) is 0.892. The molecule has 26 heavy (non-hydrogen) atoms. The molecule has 0 radical (unpaired) electrons. The van der Waals surface area contributed by atoms with Gasteiger partial charge < -0.3 is 15.0 Å². The Hall–Kier alpha value is -2.33. The van der Waals surface area contributed by atoms with Crippen molar-refractivity contribution < 1.29 is 9.53 Å². The van der Waals surface area contributed by atoms with Gasteiger partial charge in [-0.05, 0) is 44.4 Å². The molecular formula is C22H28N2O2. The minimum atomic E-state index is -0.274. The molecule has 3 rings (SSSR count). The number of carbonyl (C=O) groups is 1. The fourth-order valence-corrected chi connectivity index (χ4v) is 3.56. The number of nitrogens with zero attached hydrogens (tertiary/aromatic N) is 1. The van der Waals surface area contributed by atoms with Crippen LogP contribution in [0.1, 0.15) is 31.9 Å². The number of amides is 1. The van der Waals surface area contributed by atoms with Crippen molar-refractivity contribution in [1.82, 2.24) is 4.90 Å². The highest BCUT2D eigenvalue weighted by molar-refractivity contribution is 5.84. The molecule has 1 aliphatic rings. The van der Waals surface area contributed by atoms with Gasteiger partial charge in [-0.3, -0.25) is 4.79 Å². The fraction of sp³-hybridized carbons (Fsp3) is 0.409. The summed E-state index contributed by atoms with van der Waals surface area (Å²) < 4.78 is 5.74. The second kappa shape index (κ2) is 8.37. The van der Waals surface area contributed by atoms with Crippen LogP contribution >= 0.6 is 0 Å². The summed E-state index contributed by atoms with van der Waals surface area (Å²) in [6, 6.07) is 18.3. The Morgan fingerprint density at radius 2 is 1.69 bits per heavy atom. The molecule has 0 aromatic heterocycles. The van der Waals surface area contributed by atoms with Crippen molar-refractivity contribution in [3.63, 3.8) is 0 Å². The molecule has 2 aromatic rings. The van der Waals surface area contributed by atoms with E-state index in [1.165, 1.54) is 11.1 Å². The Kier molecular flexibility index (Phi) is 5.94. The van der Waals surface area contributed by atoms with E-state index in [4.69, 9.17) is 4.74 Å². The van der Waals surface area contributed by atoms with Gasteiger partial charge in [-0.1, -0.05) is 48.5 Å². The summed E-state index contributed by atoms with van der Waals surface area (Å²) in [6.07, 6.45) is 1.01. The maximum Gasteiger partial charge on any atom is 0.244 e. The van der Waals surface area contributed by atoms with Gasteiger partial charge in [0.25, 0.3) is 0 Å². The van der Waals surface area contributed by atoms with Crippen LogP contribution in [0, 0.1) is 0 Å². The topological polar surface area (TPSA) is 41.6 Å². The maximum absolute atomic E-state index is 12.9. The van der Waals surface area contributed by atoms with E-state index in [0.717, 1.165) is 12.1 Å². The van der Waals surface area contributed by atoms with Gasteiger partial charge in [-0.2, -0.15) is 0 Å². The normalized spacial score (nSPS) is 21.3. The summed E-state index contributed by atoms with van der Waals surface area (Å²) in [5.41, 5.74) is 3.48. The van der Waals surface area contributed by atoms with Gasteiger partial charge in [-0.25, -0.2) is 0 Å². The number of hydrogen-bond donors (Lipinski definition) is 1. The molecule has 0 aliphatic carbocycles. The van der Waals surface area contributed by atoms with Gasteiger partial charge in [0.2, 0.25) is 5.91 Å². The first kappa shape index (κ1) is 18.5. The molecule has 0 saturated carbocycles. The number of anilines is 1. The minimum absolute atomic E-state index is 0.0836. The molecule has 138 valence electrons. The number of ether oxygens (including phenoxy) is 1. The molecule has 1 heterocycles. The standard InChI is InChI=1S/C22H28N2O2/c1-16-14-24(15-17(2)26-16)22(25)18(3)23-21-12-8-7-11-20(21)13-19-9-5-4-6-10-19/h4-12,16-18,23H,13-15H2,1-3H3/t16-,17+,18-/m1/s1. The molecule has 0 unspecified atom stereocenters. The smallest absolute Gasteiger partial charge is 0.244 e. The summed E-state index contributed by atoms with van der Waals surface area (Å²) in [7, 11) is 0. The Labute approximate surface area is 156 Å². The molecule has 1 N–H and O–H groups in total. The van der Waals surface area contributed by atoms with E-state index < -0.39 is 0 Å². The maximum atomic E-state index is 12.9. The molecule has 1 amide bonds. The van der Waals surface area contributed by atoms with Crippen LogP contribution in [0.15, 0.2) is 54.6 Å². The second-order valence-corrected chi connectivity index (χ2v) is 7.19. The van der Waals surface area contributed by atoms with Crippen LogP contribution in [0.3, 0.4) is 0 Å². The van der Waals surface area contributed by atoms with E-state index in [1.807, 2.05) is 49.9 Å². The van der Waals surface area contributed by atoms with Crippen molar-refractivity contribution in [3.05, 3.63) is 65.7 Å². The first-order valence-corrected chi connectivity index (χ1v) is 9.35. The predicted molar refractivity (Wildman–Crippen MR) is 105 cm³/mol. The molecule has 2 aromatic carbocycles. The van der Waals surface area contributed by atoms with Crippen molar-refractivity contribution in [2.45, 2.75) is 45.4 Å². The van der Waals surface area contributed by atoms with Gasteiger partial charge in [0.15, 0.2) is 0 Å². The van der Waals surface area contributed by atoms with Gasteiger partial charge in [0, 0.05) is 18.8 Å². The van der Waals surface area contributed by atoms with E-state index in [9.17, 15) is 4.79 Å². The van der Waals surface area contributed by atoms with Crippen LogP contribution < -0.4 is 5.32 Å². The van der Waals surface area contributed by atoms with Crippen LogP contribution in [-0.2, 0) is 16.0 Å². The molecule has 1 saturated heterocycles. The van der Waals surface area contributed by atoms with Crippen LogP contribution in [0.25, 0.3) is 0 Å². The Morgan fingerprint density at radius 3 is 2.38 bits per heavy atom. The SMILES string of the molecule is C[C@@H]1CN(C(=O)[C@@H](C)Nc2ccccc2Cc2ccccc2)C[C@H](C)O1. The molecule has 4 heteroatoms. The van der Waals surface area contributed by atoms with E-state index in [1.54, 1.807) is 0 Å². The van der Waals surface area contributed by atoms with Gasteiger partial charge in [-0.15, -0.1) is 0 Å². The van der Waals surface area contributed by atoms with Gasteiger partial charge >= 0.3 is 0 Å². The number of hydrogen-bond acceptors (Lipinski definition) is 3. The fourth-order valence-electron chi connectivity index (χ4n) is 3.56. The minimum Gasteiger partial charge on any atom is -0.374 e. The number of nitrogens with one attached hydrogen (secondary N) is 1. The third-order valence-corrected chi connectivity index (χ3v) is 4.73. The number of morpholine rings is 1. The predicted octanol–water partition coefficient (Wildman–Crippen LogP) is 3.71. The Bertz CT molecular complexity index is 722. The highest BCUT2D eigenvalue weighted by Gasteiger charge is 2.28. The van der Waals surface area contributed by atoms with Crippen molar-refractivity contribution >= 4 is 11.6 Å². The lowest BCUT2D eigenvalue weighted by molar-refractivity contribution is -0.143. The first-order valence-electron chi connectivity index (χ1n) is 9.35. The molecular weight excluding hydrogens is 324 g/mol. The van der Waals surface area contributed by atoms with Crippen LogP contribution in [0.2, 0.25) is 0 Å². The van der Waals surface area contributed by atoms with E-state index in [-0.39, 0.29) is 24.2 Å². The number of carbonyl (C=O) groups excluding carboxylic acids is 1. The lowest BCUT2D eigenvalue weighted by atomic mass is 10.0. The number of rotatable bonds is 5. The Balaban J connectivity index is 1.69. The number of benzene rings is 2. The van der Waals surface area contributed by atoms with Gasteiger partial charge in [0.05, 0.1) is 12.2 Å². The lowest BCUT2D eigenvalue weighted by Crippen LogP contribution is -2.52. The second-order valence-electron chi connectivity index (χ2n) is 7.19. The van der Waals surface area contributed by atoms with Crippen LogP contribution in [0.5, 0.6) is 0 Å². The van der Waals surface area contributed by atoms with Crippen molar-refractivity contribution in [2.24, 2.45) is 0 Å². The molecule has 1 aliphatic heterocycles. The van der Waals surface area contributed by atoms with Crippen LogP contribution in [-0.4, -0.2) is 42.1 Å². The highest BCUT2D eigenvalue weighted by Crippen LogP contribution is 2.21. The molecule has 0 spiro atoms. The van der Waals surface area contributed by atoms with Crippen molar-refractivity contribution in [2.75, 3.05) is 18.4 Å². The monoisotopic (exact) mass is 352 g/mol. The van der Waals surface area contributed by atoms with Crippen LogP contribution in [0.4, 0.5) is 5.69 Å². The molecule has 3 atom stereocenters. The average molecular weight is 352 g/mol. The third kappa shape index (κ3) is 4.64. The summed E-state index contributed by atoms with van der Waals surface area (Å²) in [5.74, 6) is 0.126. The molecule has 1 fully saturated rings. The molecule has 4 nitrogen and oxygen atoms in total. The summed E-state index contributed by atoms with van der Waals surface area (Å²) >= 11 is 0. The largest absolute Gasteiger partial charge is 0.374 e. The third-order valence-electron chi connectivity index (χ3n) is 4.73. The zero-order valence-corrected chi connectivity index (χ0v) is 15.8. The van der Waals surface area contributed by atoms with Crippen molar-refractivity contribution in [3.8, 4) is 0 Å². The average Bonchev–Trinajstić information content (AvgIpc) is 2.62. The summed E-state index contributed by atoms with van der Waals surface area (Å²) in [5, 5.41) is 3.43. The van der Waals surface area contributed by atoms with Gasteiger partial charge in [0.1, 0.15) is 6.04 Å². The van der Waals surface area contributed by atoms with E-state index >= 15 is 0 Å². The summed E-state index contributed by atoms with van der Waals surface area (Å²) in [6.45, 7) is 7.28. The summed E-state index contributed by atoms with van der Waals surface area (Å²) in [4.78, 5) is 14.8. The first-order chi connectivity index (χ1) is 12.5. The molecule has 0 bridgehead atoms. The Morgan fingerprint density at radius 1 is 1.08 bits per heavy atom. The highest BCUT2D eigenvalue weighted by atomic mass is 16.5. The van der Waals surface area contributed by atoms with E-state index in [0.29, 0.717) is 13.1 Å². The van der Waals surface area contributed by atoms with Crippen molar-refractivity contribution in [1.29, 1.82) is 0 Å². The zero-order valence-electron chi connectivity index (χ0n) is 15.8. The number of para-hydroxylation sites is 1. The lowest BCUT2D eigenvalue weighted by Gasteiger charge is -2.37. The zero-order chi connectivity index (χ0) is 18.5. The van der Waals surface area contributed by atoms with E-state index in [2.05, 4.69) is 35.6 Å².